The van der Waals surface area contributed by atoms with Crippen molar-refractivity contribution >= 4 is 11.0 Å². The maximum absolute atomic E-state index is 4.42. The summed E-state index contributed by atoms with van der Waals surface area (Å²) in [5.74, 6) is 0. The number of imidazole rings is 1. The van der Waals surface area contributed by atoms with E-state index in [9.17, 15) is 0 Å². The second-order valence-electron chi connectivity index (χ2n) is 4.61. The Kier molecular flexibility index (Phi) is 3.05. The van der Waals surface area contributed by atoms with Gasteiger partial charge in [0.25, 0.3) is 0 Å². The van der Waals surface area contributed by atoms with Crippen molar-refractivity contribution in [2.24, 2.45) is 7.05 Å². The minimum absolute atomic E-state index is 0.213. The van der Waals surface area contributed by atoms with E-state index in [-0.39, 0.29) is 6.04 Å². The molecule has 1 atom stereocenters. The SMILES string of the molecule is CNC(Cn1cnc2ccccc21)c1ccnn1C. The number of para-hydroxylation sites is 2. The van der Waals surface area contributed by atoms with E-state index in [1.165, 1.54) is 5.69 Å². The first-order valence-electron chi connectivity index (χ1n) is 6.34. The molecule has 0 saturated heterocycles. The minimum atomic E-state index is 0.213. The monoisotopic (exact) mass is 255 g/mol. The molecule has 0 bridgehead atoms. The summed E-state index contributed by atoms with van der Waals surface area (Å²) in [4.78, 5) is 4.42. The molecule has 0 amide bonds. The summed E-state index contributed by atoms with van der Waals surface area (Å²) in [5, 5.41) is 7.57. The van der Waals surface area contributed by atoms with Crippen LogP contribution in [0.4, 0.5) is 0 Å². The van der Waals surface area contributed by atoms with Crippen molar-refractivity contribution in [1.82, 2.24) is 24.6 Å². The van der Waals surface area contributed by atoms with Crippen LogP contribution >= 0.6 is 0 Å². The van der Waals surface area contributed by atoms with E-state index in [0.29, 0.717) is 0 Å². The first-order valence-corrected chi connectivity index (χ1v) is 6.34. The predicted molar refractivity (Wildman–Crippen MR) is 74.7 cm³/mol. The molecule has 0 aliphatic rings. The Morgan fingerprint density at radius 2 is 2.11 bits per heavy atom. The van der Waals surface area contributed by atoms with Gasteiger partial charge in [-0.2, -0.15) is 5.10 Å². The third-order valence-electron chi connectivity index (χ3n) is 3.47. The Labute approximate surface area is 111 Å². The van der Waals surface area contributed by atoms with Crippen LogP contribution in [-0.2, 0) is 13.6 Å². The molecule has 5 nitrogen and oxygen atoms in total. The maximum Gasteiger partial charge on any atom is 0.0958 e. The summed E-state index contributed by atoms with van der Waals surface area (Å²) < 4.78 is 4.07. The van der Waals surface area contributed by atoms with Gasteiger partial charge in [-0.15, -0.1) is 0 Å². The van der Waals surface area contributed by atoms with Crippen LogP contribution in [0, 0.1) is 0 Å². The highest BCUT2D eigenvalue weighted by Gasteiger charge is 2.14. The third-order valence-corrected chi connectivity index (χ3v) is 3.47. The molecule has 2 aromatic heterocycles. The molecule has 1 N–H and O–H groups in total. The lowest BCUT2D eigenvalue weighted by Gasteiger charge is -2.17. The predicted octanol–water partition coefficient (Wildman–Crippen LogP) is 1.73. The highest BCUT2D eigenvalue weighted by molar-refractivity contribution is 5.74. The van der Waals surface area contributed by atoms with Crippen LogP contribution in [-0.4, -0.2) is 26.4 Å². The Balaban J connectivity index is 1.93. The van der Waals surface area contributed by atoms with Gasteiger partial charge in [-0.25, -0.2) is 4.98 Å². The lowest BCUT2D eigenvalue weighted by molar-refractivity contribution is 0.474. The number of hydrogen-bond donors (Lipinski definition) is 1. The number of rotatable bonds is 4. The van der Waals surface area contributed by atoms with Crippen LogP contribution in [0.5, 0.6) is 0 Å². The zero-order valence-electron chi connectivity index (χ0n) is 11.1. The zero-order valence-corrected chi connectivity index (χ0v) is 11.1. The largest absolute Gasteiger partial charge is 0.329 e. The summed E-state index contributed by atoms with van der Waals surface area (Å²) in [5.41, 5.74) is 3.35. The van der Waals surface area contributed by atoms with Crippen LogP contribution in [0.25, 0.3) is 11.0 Å². The summed E-state index contributed by atoms with van der Waals surface area (Å²) in [6.07, 6.45) is 3.72. The average Bonchev–Trinajstić information content (AvgIpc) is 3.03. The van der Waals surface area contributed by atoms with E-state index < -0.39 is 0 Å². The van der Waals surface area contributed by atoms with Crippen LogP contribution in [0.3, 0.4) is 0 Å². The van der Waals surface area contributed by atoms with E-state index in [1.54, 1.807) is 0 Å². The number of nitrogens with one attached hydrogen (secondary N) is 1. The topological polar surface area (TPSA) is 47.7 Å². The molecule has 0 aliphatic heterocycles. The smallest absolute Gasteiger partial charge is 0.0958 e. The van der Waals surface area contributed by atoms with E-state index in [1.807, 2.05) is 55.6 Å². The maximum atomic E-state index is 4.42. The van der Waals surface area contributed by atoms with Crippen molar-refractivity contribution in [3.8, 4) is 0 Å². The lowest BCUT2D eigenvalue weighted by Crippen LogP contribution is -2.24. The van der Waals surface area contributed by atoms with Crippen molar-refractivity contribution < 1.29 is 0 Å². The fourth-order valence-corrected chi connectivity index (χ4v) is 2.41. The number of nitrogens with zero attached hydrogens (tertiary/aromatic N) is 4. The summed E-state index contributed by atoms with van der Waals surface area (Å²) >= 11 is 0. The van der Waals surface area contributed by atoms with Gasteiger partial charge in [0.1, 0.15) is 0 Å². The van der Waals surface area contributed by atoms with Gasteiger partial charge in [0.2, 0.25) is 0 Å². The molecule has 3 aromatic rings. The molecule has 1 aromatic carbocycles. The van der Waals surface area contributed by atoms with Gasteiger partial charge in [0.05, 0.1) is 29.1 Å². The summed E-state index contributed by atoms with van der Waals surface area (Å²) in [6.45, 7) is 0.830. The Morgan fingerprint density at radius 3 is 2.84 bits per heavy atom. The molecule has 98 valence electrons. The van der Waals surface area contributed by atoms with E-state index in [2.05, 4.69) is 26.0 Å². The average molecular weight is 255 g/mol. The van der Waals surface area contributed by atoms with Gasteiger partial charge in [-0.1, -0.05) is 12.1 Å². The Hall–Kier alpha value is -2.14. The quantitative estimate of drug-likeness (QED) is 0.772. The normalized spacial score (nSPS) is 12.9. The third kappa shape index (κ3) is 2.13. The molecule has 0 radical (unpaired) electrons. The number of fused-ring (bicyclic) bond motifs is 1. The van der Waals surface area contributed by atoms with Crippen molar-refractivity contribution in [1.29, 1.82) is 0 Å². The second kappa shape index (κ2) is 4.85. The molecular weight excluding hydrogens is 238 g/mol. The van der Waals surface area contributed by atoms with E-state index in [4.69, 9.17) is 0 Å². The minimum Gasteiger partial charge on any atom is -0.329 e. The summed E-state index contributed by atoms with van der Waals surface area (Å²) in [7, 11) is 3.93. The van der Waals surface area contributed by atoms with Crippen molar-refractivity contribution in [2.75, 3.05) is 7.05 Å². The fourth-order valence-electron chi connectivity index (χ4n) is 2.41. The lowest BCUT2D eigenvalue weighted by atomic mass is 10.2. The molecular formula is C14H17N5. The van der Waals surface area contributed by atoms with Gasteiger partial charge in [0, 0.05) is 19.8 Å². The molecule has 0 saturated carbocycles. The molecule has 0 fully saturated rings. The molecule has 1 unspecified atom stereocenters. The van der Waals surface area contributed by atoms with Gasteiger partial charge in [-0.05, 0) is 25.2 Å². The van der Waals surface area contributed by atoms with Gasteiger partial charge >= 0.3 is 0 Å². The molecule has 19 heavy (non-hydrogen) atoms. The van der Waals surface area contributed by atoms with Gasteiger partial charge in [-0.3, -0.25) is 4.68 Å². The Morgan fingerprint density at radius 1 is 1.26 bits per heavy atom. The van der Waals surface area contributed by atoms with E-state index >= 15 is 0 Å². The first-order chi connectivity index (χ1) is 9.29. The zero-order chi connectivity index (χ0) is 13.2. The second-order valence-corrected chi connectivity index (χ2v) is 4.61. The highest BCUT2D eigenvalue weighted by Crippen LogP contribution is 2.18. The van der Waals surface area contributed by atoms with Crippen molar-refractivity contribution in [3.05, 3.63) is 48.5 Å². The standard InChI is InChI=1S/C14H17N5/c1-15-12(13-7-8-17-18(13)2)9-19-10-16-11-5-3-4-6-14(11)19/h3-8,10,12,15H,9H2,1-2H3. The highest BCUT2D eigenvalue weighted by atomic mass is 15.3. The molecule has 5 heteroatoms. The van der Waals surface area contributed by atoms with Crippen LogP contribution in [0.2, 0.25) is 0 Å². The van der Waals surface area contributed by atoms with Crippen molar-refractivity contribution in [2.45, 2.75) is 12.6 Å². The van der Waals surface area contributed by atoms with Gasteiger partial charge < -0.3 is 9.88 Å². The number of benzene rings is 1. The van der Waals surface area contributed by atoms with E-state index in [0.717, 1.165) is 17.6 Å². The van der Waals surface area contributed by atoms with Crippen LogP contribution in [0.15, 0.2) is 42.9 Å². The van der Waals surface area contributed by atoms with Gasteiger partial charge in [0.15, 0.2) is 0 Å². The summed E-state index contributed by atoms with van der Waals surface area (Å²) in [6, 6.07) is 10.4. The Bertz CT molecular complexity index is 682. The number of aryl methyl sites for hydroxylation is 1. The van der Waals surface area contributed by atoms with Crippen molar-refractivity contribution in [3.63, 3.8) is 0 Å². The van der Waals surface area contributed by atoms with Crippen LogP contribution < -0.4 is 5.32 Å². The number of aromatic nitrogens is 4. The number of hydrogen-bond acceptors (Lipinski definition) is 3. The fraction of sp³-hybridized carbons (Fsp3) is 0.286. The number of likely N-dealkylation sites (N-methyl/N-ethyl adjacent to an activating group) is 1. The molecule has 3 rings (SSSR count). The van der Waals surface area contributed by atoms with Crippen LogP contribution in [0.1, 0.15) is 11.7 Å². The molecule has 0 spiro atoms. The molecule has 2 heterocycles. The molecule has 0 aliphatic carbocycles. The first kappa shape index (κ1) is 11.9.